The van der Waals surface area contributed by atoms with E-state index in [1.54, 1.807) is 7.11 Å². The van der Waals surface area contributed by atoms with Crippen LogP contribution >= 0.6 is 12.6 Å². The van der Waals surface area contributed by atoms with Crippen molar-refractivity contribution >= 4 is 12.6 Å². The minimum atomic E-state index is 0.0856. The molecule has 0 saturated heterocycles. The third kappa shape index (κ3) is 3.95. The van der Waals surface area contributed by atoms with Gasteiger partial charge < -0.3 is 4.74 Å². The molecule has 0 atom stereocenters. The average molecular weight is 252 g/mol. The zero-order chi connectivity index (χ0) is 13.3. The molecule has 1 aromatic carbocycles. The lowest BCUT2D eigenvalue weighted by molar-refractivity contribution is 0.276. The third-order valence-electron chi connectivity index (χ3n) is 2.88. The lowest BCUT2D eigenvalue weighted by Crippen LogP contribution is -2.25. The van der Waals surface area contributed by atoms with Crippen LogP contribution in [0.4, 0.5) is 0 Å². The van der Waals surface area contributed by atoms with Crippen molar-refractivity contribution in [3.05, 3.63) is 23.8 Å². The first kappa shape index (κ1) is 14.4. The van der Waals surface area contributed by atoms with Crippen LogP contribution in [0.3, 0.4) is 0 Å². The Balaban J connectivity index is 3.17. The van der Waals surface area contributed by atoms with Crippen molar-refractivity contribution in [1.29, 1.82) is 0 Å². The first-order valence-electron chi connectivity index (χ1n) is 6.03. The predicted octanol–water partition coefficient (Wildman–Crippen LogP) is 4.70. The molecule has 0 unspecified atom stereocenters. The molecule has 0 fully saturated rings. The number of hydrogen-bond donors (Lipinski definition) is 1. The molecule has 0 radical (unpaired) electrons. The molecule has 0 aliphatic carbocycles. The maximum Gasteiger partial charge on any atom is 0.122 e. The summed E-state index contributed by atoms with van der Waals surface area (Å²) in [7, 11) is 1.73. The summed E-state index contributed by atoms with van der Waals surface area (Å²) in [4.78, 5) is 0.989. The highest BCUT2D eigenvalue weighted by molar-refractivity contribution is 7.80. The molecule has 0 N–H and O–H groups in total. The summed E-state index contributed by atoms with van der Waals surface area (Å²) in [5.41, 5.74) is 1.62. The van der Waals surface area contributed by atoms with Crippen LogP contribution in [0.5, 0.6) is 5.75 Å². The predicted molar refractivity (Wildman–Crippen MR) is 77.3 cm³/mol. The molecule has 96 valence electrons. The van der Waals surface area contributed by atoms with Crippen LogP contribution in [0, 0.1) is 5.41 Å². The van der Waals surface area contributed by atoms with Gasteiger partial charge in [0.05, 0.1) is 7.11 Å². The van der Waals surface area contributed by atoms with Crippen molar-refractivity contribution < 1.29 is 4.74 Å². The van der Waals surface area contributed by atoms with Gasteiger partial charge in [-0.15, -0.1) is 12.6 Å². The number of ether oxygens (including phenoxy) is 1. The molecular formula is C15H24OS. The monoisotopic (exact) mass is 252 g/mol. The molecule has 0 aliphatic rings. The van der Waals surface area contributed by atoms with Gasteiger partial charge in [-0.3, -0.25) is 0 Å². The van der Waals surface area contributed by atoms with Crippen molar-refractivity contribution in [2.45, 2.75) is 51.3 Å². The van der Waals surface area contributed by atoms with Crippen LogP contribution in [0.15, 0.2) is 23.1 Å². The number of rotatable bonds is 3. The Morgan fingerprint density at radius 2 is 1.71 bits per heavy atom. The minimum Gasteiger partial charge on any atom is -0.496 e. The van der Waals surface area contributed by atoms with Crippen LogP contribution in [0.1, 0.15) is 46.6 Å². The van der Waals surface area contributed by atoms with E-state index in [0.717, 1.165) is 17.1 Å². The van der Waals surface area contributed by atoms with E-state index in [-0.39, 0.29) is 5.41 Å². The number of thiol groups is 1. The summed E-state index contributed by atoms with van der Waals surface area (Å²) in [5, 5.41) is 0. The van der Waals surface area contributed by atoms with E-state index >= 15 is 0 Å². The van der Waals surface area contributed by atoms with Gasteiger partial charge >= 0.3 is 0 Å². The van der Waals surface area contributed by atoms with Gasteiger partial charge in [-0.2, -0.15) is 0 Å². The first-order valence-corrected chi connectivity index (χ1v) is 6.48. The van der Waals surface area contributed by atoms with Gasteiger partial charge in [0.25, 0.3) is 0 Å². The molecule has 1 nitrogen and oxygen atoms in total. The summed E-state index contributed by atoms with van der Waals surface area (Å²) < 4.78 is 5.47. The molecule has 0 heterocycles. The molecule has 1 aromatic rings. The van der Waals surface area contributed by atoms with E-state index < -0.39 is 0 Å². The van der Waals surface area contributed by atoms with Gasteiger partial charge in [-0.05, 0) is 35.4 Å². The van der Waals surface area contributed by atoms with Crippen molar-refractivity contribution in [2.24, 2.45) is 5.41 Å². The van der Waals surface area contributed by atoms with Gasteiger partial charge in [-0.25, -0.2) is 0 Å². The van der Waals surface area contributed by atoms with E-state index in [1.807, 2.05) is 12.1 Å². The van der Waals surface area contributed by atoms with E-state index in [4.69, 9.17) is 4.74 Å². The zero-order valence-electron chi connectivity index (χ0n) is 11.8. The Labute approximate surface area is 111 Å². The quantitative estimate of drug-likeness (QED) is 0.767. The smallest absolute Gasteiger partial charge is 0.122 e. The maximum atomic E-state index is 5.47. The summed E-state index contributed by atoms with van der Waals surface area (Å²) in [6, 6.07) is 6.09. The largest absolute Gasteiger partial charge is 0.496 e. The standard InChI is InChI=1S/C15H24OS/c1-14(2,3)10-15(4,5)12-9-11(17)7-8-13(12)16-6/h7-9,17H,10H2,1-6H3. The van der Waals surface area contributed by atoms with Gasteiger partial charge in [0.1, 0.15) is 5.75 Å². The fraction of sp³-hybridized carbons (Fsp3) is 0.600. The van der Waals surface area contributed by atoms with Gasteiger partial charge in [0.15, 0.2) is 0 Å². The van der Waals surface area contributed by atoms with Crippen molar-refractivity contribution in [1.82, 2.24) is 0 Å². The lowest BCUT2D eigenvalue weighted by Gasteiger charge is -2.34. The zero-order valence-corrected chi connectivity index (χ0v) is 12.7. The van der Waals surface area contributed by atoms with Gasteiger partial charge in [0.2, 0.25) is 0 Å². The summed E-state index contributed by atoms with van der Waals surface area (Å²) in [6.45, 7) is 11.3. The topological polar surface area (TPSA) is 9.23 Å². The Kier molecular flexibility index (Phi) is 4.19. The van der Waals surface area contributed by atoms with E-state index in [0.29, 0.717) is 5.41 Å². The highest BCUT2D eigenvalue weighted by atomic mass is 32.1. The second kappa shape index (κ2) is 4.93. The highest BCUT2D eigenvalue weighted by Gasteiger charge is 2.29. The van der Waals surface area contributed by atoms with E-state index in [2.05, 4.69) is 53.3 Å². The van der Waals surface area contributed by atoms with Crippen molar-refractivity contribution in [3.8, 4) is 5.75 Å². The SMILES string of the molecule is COc1ccc(S)cc1C(C)(C)CC(C)(C)C. The number of hydrogen-bond acceptors (Lipinski definition) is 2. The molecule has 0 spiro atoms. The van der Waals surface area contributed by atoms with Crippen LogP contribution in [0.2, 0.25) is 0 Å². The Morgan fingerprint density at radius 3 is 2.18 bits per heavy atom. The summed E-state index contributed by atoms with van der Waals surface area (Å²) >= 11 is 4.43. The summed E-state index contributed by atoms with van der Waals surface area (Å²) in [6.07, 6.45) is 1.10. The molecule has 17 heavy (non-hydrogen) atoms. The number of benzene rings is 1. The fourth-order valence-corrected chi connectivity index (χ4v) is 2.85. The highest BCUT2D eigenvalue weighted by Crippen LogP contribution is 2.40. The molecule has 0 aliphatic heterocycles. The first-order chi connectivity index (χ1) is 7.65. The van der Waals surface area contributed by atoms with E-state index in [1.165, 1.54) is 5.56 Å². The molecular weight excluding hydrogens is 228 g/mol. The Hall–Kier alpha value is -0.630. The van der Waals surface area contributed by atoms with Crippen LogP contribution in [0.25, 0.3) is 0 Å². The maximum absolute atomic E-state index is 5.47. The fourth-order valence-electron chi connectivity index (χ4n) is 2.65. The lowest BCUT2D eigenvalue weighted by atomic mass is 9.72. The van der Waals surface area contributed by atoms with Gasteiger partial charge in [-0.1, -0.05) is 34.6 Å². The average Bonchev–Trinajstić information content (AvgIpc) is 2.14. The van der Waals surface area contributed by atoms with Crippen LogP contribution < -0.4 is 4.74 Å². The van der Waals surface area contributed by atoms with Crippen molar-refractivity contribution in [3.63, 3.8) is 0 Å². The number of methoxy groups -OCH3 is 1. The summed E-state index contributed by atoms with van der Waals surface area (Å²) in [5.74, 6) is 0.956. The Bertz CT molecular complexity index is 388. The van der Waals surface area contributed by atoms with Gasteiger partial charge in [0, 0.05) is 10.5 Å². The Morgan fingerprint density at radius 1 is 1.12 bits per heavy atom. The molecule has 1 rings (SSSR count). The molecule has 0 bridgehead atoms. The van der Waals surface area contributed by atoms with E-state index in [9.17, 15) is 0 Å². The molecule has 0 saturated carbocycles. The van der Waals surface area contributed by atoms with Crippen LogP contribution in [-0.2, 0) is 5.41 Å². The van der Waals surface area contributed by atoms with Crippen molar-refractivity contribution in [2.75, 3.05) is 7.11 Å². The molecule has 0 amide bonds. The second-order valence-corrected chi connectivity index (χ2v) is 7.02. The third-order valence-corrected chi connectivity index (χ3v) is 3.16. The normalized spacial score (nSPS) is 12.6. The minimum absolute atomic E-state index is 0.0856. The molecule has 2 heteroatoms. The molecule has 0 aromatic heterocycles. The second-order valence-electron chi connectivity index (χ2n) is 6.51. The van der Waals surface area contributed by atoms with Crippen LogP contribution in [-0.4, -0.2) is 7.11 Å².